The second-order valence-corrected chi connectivity index (χ2v) is 4.68. The van der Waals surface area contributed by atoms with Crippen molar-refractivity contribution in [2.24, 2.45) is 0 Å². The van der Waals surface area contributed by atoms with Crippen LogP contribution in [0.2, 0.25) is 5.02 Å². The highest BCUT2D eigenvalue weighted by Crippen LogP contribution is 2.26. The zero-order valence-corrected chi connectivity index (χ0v) is 10.7. The van der Waals surface area contributed by atoms with Crippen LogP contribution in [-0.2, 0) is 0 Å². The van der Waals surface area contributed by atoms with Gasteiger partial charge < -0.3 is 0 Å². The van der Waals surface area contributed by atoms with E-state index in [2.05, 4.69) is 10.3 Å². The summed E-state index contributed by atoms with van der Waals surface area (Å²) in [4.78, 5) is 0. The highest BCUT2D eigenvalue weighted by atomic mass is 35.5. The summed E-state index contributed by atoms with van der Waals surface area (Å²) in [6.45, 7) is 4.00. The Morgan fingerprint density at radius 3 is 2.56 bits per heavy atom. The number of alkyl halides is 2. The third kappa shape index (κ3) is 2.51. The molecule has 1 heterocycles. The van der Waals surface area contributed by atoms with E-state index in [9.17, 15) is 8.78 Å². The number of rotatable bonds is 3. The van der Waals surface area contributed by atoms with Gasteiger partial charge in [-0.3, -0.25) is 0 Å². The number of hydrogen-bond donors (Lipinski definition) is 0. The van der Waals surface area contributed by atoms with Crippen LogP contribution in [0, 0.1) is 0 Å². The highest BCUT2D eigenvalue weighted by molar-refractivity contribution is 6.30. The molecule has 0 aliphatic carbocycles. The van der Waals surface area contributed by atoms with Gasteiger partial charge in [-0.25, -0.2) is 13.5 Å². The first-order chi connectivity index (χ1) is 8.49. The molecule has 2 rings (SSSR count). The van der Waals surface area contributed by atoms with Gasteiger partial charge in [0.15, 0.2) is 0 Å². The normalized spacial score (nSPS) is 11.5. The van der Waals surface area contributed by atoms with Crippen LogP contribution >= 0.6 is 11.6 Å². The second-order valence-electron chi connectivity index (χ2n) is 4.25. The minimum Gasteiger partial charge on any atom is -0.220 e. The molecule has 6 heteroatoms. The highest BCUT2D eigenvalue weighted by Gasteiger charge is 2.15. The Bertz CT molecular complexity index is 552. The Kier molecular flexibility index (Phi) is 3.61. The summed E-state index contributed by atoms with van der Waals surface area (Å²) >= 11 is 5.94. The molecule has 0 aliphatic heterocycles. The van der Waals surface area contributed by atoms with E-state index in [0.717, 1.165) is 5.56 Å². The molecular formula is C12H12ClF2N3. The van der Waals surface area contributed by atoms with E-state index < -0.39 is 6.43 Å². The van der Waals surface area contributed by atoms with E-state index in [1.54, 1.807) is 12.1 Å². The van der Waals surface area contributed by atoms with Crippen molar-refractivity contribution in [2.45, 2.75) is 26.2 Å². The topological polar surface area (TPSA) is 30.7 Å². The summed E-state index contributed by atoms with van der Waals surface area (Å²) in [5, 5.41) is 7.78. The number of aromatic nitrogens is 3. The molecular weight excluding hydrogens is 260 g/mol. The van der Waals surface area contributed by atoms with E-state index in [4.69, 9.17) is 11.6 Å². The fraction of sp³-hybridized carbons (Fsp3) is 0.333. The molecule has 0 saturated heterocycles. The average Bonchev–Trinajstić information content (AvgIpc) is 2.78. The van der Waals surface area contributed by atoms with Gasteiger partial charge in [-0.2, -0.15) is 0 Å². The first-order valence-electron chi connectivity index (χ1n) is 5.49. The predicted octanol–water partition coefficient (Wildman–Crippen LogP) is 3.98. The van der Waals surface area contributed by atoms with Crippen LogP contribution < -0.4 is 0 Å². The molecule has 0 bridgehead atoms. The number of nitrogens with zero attached hydrogens (tertiary/aromatic N) is 3. The first kappa shape index (κ1) is 13.0. The monoisotopic (exact) mass is 271 g/mol. The summed E-state index contributed by atoms with van der Waals surface area (Å²) in [6, 6.07) is 5.26. The van der Waals surface area contributed by atoms with Crippen LogP contribution in [0.3, 0.4) is 0 Å². The molecule has 0 saturated carbocycles. The summed E-state index contributed by atoms with van der Waals surface area (Å²) in [5.41, 5.74) is 1.32. The molecule has 18 heavy (non-hydrogen) atoms. The lowest BCUT2D eigenvalue weighted by atomic mass is 10.0. The van der Waals surface area contributed by atoms with Crippen molar-refractivity contribution in [2.75, 3.05) is 0 Å². The van der Waals surface area contributed by atoms with Crippen molar-refractivity contribution in [3.8, 4) is 5.69 Å². The van der Waals surface area contributed by atoms with Crippen LogP contribution in [0.4, 0.5) is 8.78 Å². The van der Waals surface area contributed by atoms with Gasteiger partial charge in [0, 0.05) is 5.02 Å². The van der Waals surface area contributed by atoms with E-state index in [0.29, 0.717) is 10.7 Å². The Morgan fingerprint density at radius 2 is 2.00 bits per heavy atom. The molecule has 96 valence electrons. The maximum Gasteiger partial charge on any atom is 0.283 e. The van der Waals surface area contributed by atoms with E-state index in [1.165, 1.54) is 10.9 Å². The van der Waals surface area contributed by atoms with Crippen LogP contribution in [-0.4, -0.2) is 15.0 Å². The Labute approximate surface area is 108 Å². The second kappa shape index (κ2) is 5.02. The van der Waals surface area contributed by atoms with Gasteiger partial charge in [-0.15, -0.1) is 5.10 Å². The molecule has 0 unspecified atom stereocenters. The van der Waals surface area contributed by atoms with Crippen molar-refractivity contribution < 1.29 is 8.78 Å². The van der Waals surface area contributed by atoms with E-state index >= 15 is 0 Å². The first-order valence-corrected chi connectivity index (χ1v) is 5.87. The van der Waals surface area contributed by atoms with Crippen molar-refractivity contribution in [3.63, 3.8) is 0 Å². The van der Waals surface area contributed by atoms with Crippen molar-refractivity contribution in [1.29, 1.82) is 0 Å². The number of benzene rings is 1. The maximum atomic E-state index is 12.5. The zero-order chi connectivity index (χ0) is 13.3. The lowest BCUT2D eigenvalue weighted by molar-refractivity contribution is 0.146. The lowest BCUT2D eigenvalue weighted by Crippen LogP contribution is -2.02. The largest absolute Gasteiger partial charge is 0.283 e. The van der Waals surface area contributed by atoms with Gasteiger partial charge in [-0.1, -0.05) is 30.7 Å². The van der Waals surface area contributed by atoms with Gasteiger partial charge >= 0.3 is 0 Å². The molecule has 0 spiro atoms. The molecule has 0 fully saturated rings. The van der Waals surface area contributed by atoms with Crippen LogP contribution in [0.25, 0.3) is 5.69 Å². The van der Waals surface area contributed by atoms with Gasteiger partial charge in [-0.05, 0) is 29.7 Å². The fourth-order valence-corrected chi connectivity index (χ4v) is 1.87. The van der Waals surface area contributed by atoms with Crippen molar-refractivity contribution in [3.05, 3.63) is 40.7 Å². The standard InChI is InChI=1S/C12H12ClF2N3/c1-7(2)9-5-8(13)3-4-11(9)18-6-10(12(14)15)16-17-18/h3-7,12H,1-2H3. The smallest absolute Gasteiger partial charge is 0.220 e. The number of halogens is 3. The van der Waals surface area contributed by atoms with Gasteiger partial charge in [0.2, 0.25) is 0 Å². The third-order valence-corrected chi connectivity index (χ3v) is 2.83. The van der Waals surface area contributed by atoms with Crippen LogP contribution in [0.5, 0.6) is 0 Å². The van der Waals surface area contributed by atoms with Gasteiger partial charge in [0.1, 0.15) is 5.69 Å². The molecule has 0 radical (unpaired) electrons. The van der Waals surface area contributed by atoms with Crippen molar-refractivity contribution in [1.82, 2.24) is 15.0 Å². The fourth-order valence-electron chi connectivity index (χ4n) is 1.69. The molecule has 0 atom stereocenters. The molecule has 0 N–H and O–H groups in total. The van der Waals surface area contributed by atoms with E-state index in [1.807, 2.05) is 19.9 Å². The summed E-state index contributed by atoms with van der Waals surface area (Å²) in [7, 11) is 0. The lowest BCUT2D eigenvalue weighted by Gasteiger charge is -2.12. The molecule has 0 aliphatic rings. The number of hydrogen-bond acceptors (Lipinski definition) is 2. The quantitative estimate of drug-likeness (QED) is 0.845. The van der Waals surface area contributed by atoms with Gasteiger partial charge in [0.05, 0.1) is 11.9 Å². The molecule has 1 aromatic carbocycles. The zero-order valence-electron chi connectivity index (χ0n) is 9.94. The van der Waals surface area contributed by atoms with Crippen molar-refractivity contribution >= 4 is 11.6 Å². The summed E-state index contributed by atoms with van der Waals surface area (Å²) in [5.74, 6) is 0.206. The summed E-state index contributed by atoms with van der Waals surface area (Å²) < 4.78 is 26.3. The molecule has 1 aromatic heterocycles. The Morgan fingerprint density at radius 1 is 1.28 bits per heavy atom. The molecule has 3 nitrogen and oxygen atoms in total. The third-order valence-electron chi connectivity index (χ3n) is 2.59. The van der Waals surface area contributed by atoms with Crippen LogP contribution in [0.15, 0.2) is 24.4 Å². The average molecular weight is 272 g/mol. The maximum absolute atomic E-state index is 12.5. The Balaban J connectivity index is 2.49. The molecule has 0 amide bonds. The predicted molar refractivity (Wildman–Crippen MR) is 65.4 cm³/mol. The van der Waals surface area contributed by atoms with E-state index in [-0.39, 0.29) is 11.6 Å². The minimum absolute atomic E-state index is 0.206. The minimum atomic E-state index is -2.62. The van der Waals surface area contributed by atoms with Crippen LogP contribution in [0.1, 0.15) is 37.4 Å². The Hall–Kier alpha value is -1.49. The summed E-state index contributed by atoms with van der Waals surface area (Å²) in [6.07, 6.45) is -1.38. The van der Waals surface area contributed by atoms with Gasteiger partial charge in [0.25, 0.3) is 6.43 Å². The SMILES string of the molecule is CC(C)c1cc(Cl)ccc1-n1cc(C(F)F)nn1. The molecule has 2 aromatic rings.